The van der Waals surface area contributed by atoms with Crippen LogP contribution in [0.1, 0.15) is 24.1 Å². The van der Waals surface area contributed by atoms with Crippen molar-refractivity contribution in [1.29, 1.82) is 0 Å². The molecule has 10 heteroatoms. The third kappa shape index (κ3) is 6.42. The molecule has 1 aromatic heterocycles. The molecule has 4 heterocycles. The maximum Gasteiger partial charge on any atom is 0.490 e. The number of fused-ring (bicyclic) bond motifs is 1. The van der Waals surface area contributed by atoms with Crippen molar-refractivity contribution < 1.29 is 32.6 Å². The largest absolute Gasteiger partial charge is 0.490 e. The minimum Gasteiger partial charge on any atom is -0.475 e. The predicted molar refractivity (Wildman–Crippen MR) is 105 cm³/mol. The number of aliphatic carboxylic acids is 1. The van der Waals surface area contributed by atoms with E-state index in [4.69, 9.17) is 14.6 Å². The van der Waals surface area contributed by atoms with Gasteiger partial charge in [0, 0.05) is 37.7 Å². The number of carbonyl (C=O) groups excluding carboxylic acids is 1. The summed E-state index contributed by atoms with van der Waals surface area (Å²) in [6.07, 6.45) is -0.382. The maximum absolute atomic E-state index is 12.5. The van der Waals surface area contributed by atoms with Gasteiger partial charge in [0.05, 0.1) is 12.5 Å². The molecule has 168 valence electrons. The lowest BCUT2D eigenvalue weighted by Crippen LogP contribution is -2.43. The Bertz CT molecular complexity index is 707. The number of piperidine rings is 1. The van der Waals surface area contributed by atoms with Gasteiger partial charge in [-0.3, -0.25) is 4.79 Å². The number of hydrogen-bond donors (Lipinski definition) is 1. The molecule has 0 saturated carbocycles. The van der Waals surface area contributed by atoms with Crippen molar-refractivity contribution in [3.63, 3.8) is 0 Å². The minimum atomic E-state index is -5.08. The van der Waals surface area contributed by atoms with Gasteiger partial charge in [0.2, 0.25) is 5.91 Å². The highest BCUT2D eigenvalue weighted by Crippen LogP contribution is 2.32. The molecule has 1 aromatic rings. The molecule has 1 unspecified atom stereocenters. The Labute approximate surface area is 177 Å². The van der Waals surface area contributed by atoms with E-state index in [-0.39, 0.29) is 0 Å². The fraction of sp³-hybridized carbons (Fsp3) is 0.700. The molecule has 3 aliphatic rings. The molecule has 4 rings (SSSR count). The summed E-state index contributed by atoms with van der Waals surface area (Å²) in [7, 11) is 0. The Balaban J connectivity index is 0.000000318. The molecule has 0 spiro atoms. The van der Waals surface area contributed by atoms with Crippen molar-refractivity contribution in [1.82, 2.24) is 9.80 Å². The van der Waals surface area contributed by atoms with E-state index < -0.39 is 12.1 Å². The second kappa shape index (κ2) is 10.1. The van der Waals surface area contributed by atoms with Gasteiger partial charge in [0.25, 0.3) is 0 Å². The summed E-state index contributed by atoms with van der Waals surface area (Å²) in [6.45, 7) is 6.28. The molecule has 0 aromatic carbocycles. The Morgan fingerprint density at radius 2 is 1.93 bits per heavy atom. The Kier molecular flexibility index (Phi) is 7.75. The van der Waals surface area contributed by atoms with Gasteiger partial charge in [-0.05, 0) is 49.1 Å². The molecular weight excluding hydrogens is 421 g/mol. The van der Waals surface area contributed by atoms with Crippen LogP contribution in [0.15, 0.2) is 17.5 Å². The van der Waals surface area contributed by atoms with Crippen LogP contribution in [0.25, 0.3) is 0 Å². The van der Waals surface area contributed by atoms with Gasteiger partial charge in [-0.15, -0.1) is 11.3 Å². The lowest BCUT2D eigenvalue weighted by molar-refractivity contribution is -0.192. The first-order valence-electron chi connectivity index (χ1n) is 10.2. The summed E-state index contributed by atoms with van der Waals surface area (Å²) in [4.78, 5) is 27.3. The standard InChI is InChI=1S/C18H26N2O2S.C2HF3O2/c21-18(9-17-4-2-8-23-17)20-11-14-5-6-19(10-15(14)12-20)13-16-3-1-7-22-16;3-2(4,5)1(6)7/h2,4,8,14-16H,1,3,5-7,9-13H2;(H,6,7)/t14-,15+,16?;/m0./s1. The molecule has 30 heavy (non-hydrogen) atoms. The molecular formula is C20H27F3N2O4S. The monoisotopic (exact) mass is 448 g/mol. The molecule has 0 bridgehead atoms. The van der Waals surface area contributed by atoms with E-state index in [0.29, 0.717) is 30.3 Å². The average Bonchev–Trinajstić information content (AvgIpc) is 3.42. The van der Waals surface area contributed by atoms with Gasteiger partial charge in [-0.25, -0.2) is 4.79 Å². The van der Waals surface area contributed by atoms with Crippen molar-refractivity contribution in [3.05, 3.63) is 22.4 Å². The highest BCUT2D eigenvalue weighted by Gasteiger charge is 2.39. The number of carboxylic acid groups (broad SMARTS) is 1. The summed E-state index contributed by atoms with van der Waals surface area (Å²) in [5.74, 6) is -1.07. The van der Waals surface area contributed by atoms with E-state index in [2.05, 4.69) is 21.2 Å². The van der Waals surface area contributed by atoms with Crippen LogP contribution in [-0.4, -0.2) is 78.4 Å². The van der Waals surface area contributed by atoms with Crippen LogP contribution in [-0.2, 0) is 20.7 Å². The number of amides is 1. The van der Waals surface area contributed by atoms with E-state index in [0.717, 1.165) is 32.8 Å². The van der Waals surface area contributed by atoms with E-state index >= 15 is 0 Å². The number of hydrogen-bond acceptors (Lipinski definition) is 5. The molecule has 3 saturated heterocycles. The Morgan fingerprint density at radius 3 is 2.53 bits per heavy atom. The zero-order valence-corrected chi connectivity index (χ0v) is 17.5. The smallest absolute Gasteiger partial charge is 0.475 e. The van der Waals surface area contributed by atoms with Crippen LogP contribution in [0.2, 0.25) is 0 Å². The summed E-state index contributed by atoms with van der Waals surface area (Å²) >= 11 is 1.68. The van der Waals surface area contributed by atoms with Crippen molar-refractivity contribution >= 4 is 23.2 Å². The molecule has 1 N–H and O–H groups in total. The number of carboxylic acids is 1. The van der Waals surface area contributed by atoms with Crippen LogP contribution in [0.4, 0.5) is 13.2 Å². The van der Waals surface area contributed by atoms with Crippen LogP contribution in [0.3, 0.4) is 0 Å². The summed E-state index contributed by atoms with van der Waals surface area (Å²) in [5.41, 5.74) is 0. The SMILES string of the molecule is O=C(Cc1cccs1)N1C[C@H]2CN(CC3CCCO3)CC[C@H]2C1.O=C(O)C(F)(F)F. The molecule has 3 fully saturated rings. The lowest BCUT2D eigenvalue weighted by atomic mass is 9.88. The predicted octanol–water partition coefficient (Wildman–Crippen LogP) is 2.88. The molecule has 6 nitrogen and oxygen atoms in total. The Morgan fingerprint density at radius 1 is 1.20 bits per heavy atom. The van der Waals surface area contributed by atoms with Crippen molar-refractivity contribution in [2.45, 2.75) is 38.0 Å². The molecule has 1 amide bonds. The lowest BCUT2D eigenvalue weighted by Gasteiger charge is -2.35. The highest BCUT2D eigenvalue weighted by molar-refractivity contribution is 7.10. The van der Waals surface area contributed by atoms with Gasteiger partial charge in [0.15, 0.2) is 0 Å². The maximum atomic E-state index is 12.5. The first-order chi connectivity index (χ1) is 14.2. The summed E-state index contributed by atoms with van der Waals surface area (Å²) in [6, 6.07) is 4.09. The number of likely N-dealkylation sites (tertiary alicyclic amines) is 2. The summed E-state index contributed by atoms with van der Waals surface area (Å²) in [5, 5.41) is 9.18. The number of nitrogens with zero attached hydrogens (tertiary/aromatic N) is 2. The van der Waals surface area contributed by atoms with Gasteiger partial charge in [0.1, 0.15) is 0 Å². The minimum absolute atomic E-state index is 0.313. The molecule has 0 radical (unpaired) electrons. The number of carbonyl (C=O) groups is 2. The zero-order valence-electron chi connectivity index (χ0n) is 16.6. The van der Waals surface area contributed by atoms with E-state index in [9.17, 15) is 18.0 Å². The summed E-state index contributed by atoms with van der Waals surface area (Å²) < 4.78 is 37.5. The van der Waals surface area contributed by atoms with Gasteiger partial charge < -0.3 is 19.6 Å². The normalized spacial score (nSPS) is 26.8. The average molecular weight is 449 g/mol. The Hall–Kier alpha value is -1.65. The second-order valence-corrected chi connectivity index (χ2v) is 9.09. The van der Waals surface area contributed by atoms with E-state index in [1.165, 1.54) is 30.7 Å². The van der Waals surface area contributed by atoms with Crippen molar-refractivity contribution in [2.24, 2.45) is 11.8 Å². The first kappa shape index (κ1) is 23.0. The number of rotatable bonds is 4. The fourth-order valence-corrected chi connectivity index (χ4v) is 5.06. The molecule has 3 atom stereocenters. The van der Waals surface area contributed by atoms with Crippen molar-refractivity contribution in [2.75, 3.05) is 39.3 Å². The molecule has 3 aliphatic heterocycles. The number of alkyl halides is 3. The third-order valence-corrected chi connectivity index (χ3v) is 6.75. The number of thiophene rings is 1. The van der Waals surface area contributed by atoms with E-state index in [1.54, 1.807) is 11.3 Å². The topological polar surface area (TPSA) is 70.1 Å². The zero-order chi connectivity index (χ0) is 21.7. The van der Waals surface area contributed by atoms with Crippen LogP contribution >= 0.6 is 11.3 Å². The van der Waals surface area contributed by atoms with Gasteiger partial charge in [-0.1, -0.05) is 6.07 Å². The number of ether oxygens (including phenoxy) is 1. The van der Waals surface area contributed by atoms with Gasteiger partial charge >= 0.3 is 12.1 Å². The van der Waals surface area contributed by atoms with E-state index in [1.807, 2.05) is 6.07 Å². The van der Waals surface area contributed by atoms with Crippen molar-refractivity contribution in [3.8, 4) is 0 Å². The van der Waals surface area contributed by atoms with Crippen LogP contribution < -0.4 is 0 Å². The first-order valence-corrected chi connectivity index (χ1v) is 11.0. The molecule has 0 aliphatic carbocycles. The highest BCUT2D eigenvalue weighted by atomic mass is 32.1. The fourth-order valence-electron chi connectivity index (χ4n) is 4.36. The quantitative estimate of drug-likeness (QED) is 0.767. The van der Waals surface area contributed by atoms with Gasteiger partial charge in [-0.2, -0.15) is 13.2 Å². The second-order valence-electron chi connectivity index (χ2n) is 8.06. The van der Waals surface area contributed by atoms with Crippen LogP contribution in [0, 0.1) is 11.8 Å². The number of halogens is 3. The third-order valence-electron chi connectivity index (χ3n) is 5.87. The van der Waals surface area contributed by atoms with Crippen LogP contribution in [0.5, 0.6) is 0 Å².